The number of thiazole rings is 1. The Balaban J connectivity index is 0.00000182. The van der Waals surface area contributed by atoms with Crippen LogP contribution >= 0.6 is 35.3 Å². The number of benzene rings is 1. The Morgan fingerprint density at radius 2 is 1.84 bits per heavy atom. The number of halogens is 2. The number of aryl methyl sites for hydroxylation is 1. The first-order chi connectivity index (χ1) is 11.5. The molecule has 3 aromatic rings. The molecule has 4 rings (SSSR count). The molecule has 132 valence electrons. The maximum Gasteiger partial charge on any atom is 0.270 e. The molecule has 1 fully saturated rings. The summed E-state index contributed by atoms with van der Waals surface area (Å²) in [6.07, 6.45) is 4.04. The molecular formula is C17H18Cl2N4OS. The van der Waals surface area contributed by atoms with Crippen molar-refractivity contribution in [2.45, 2.75) is 38.1 Å². The molecule has 0 aliphatic heterocycles. The van der Waals surface area contributed by atoms with Crippen molar-refractivity contribution in [1.29, 1.82) is 0 Å². The summed E-state index contributed by atoms with van der Waals surface area (Å²) in [5, 5.41) is 5.74. The monoisotopic (exact) mass is 396 g/mol. The molecule has 8 heteroatoms. The van der Waals surface area contributed by atoms with Crippen molar-refractivity contribution in [2.75, 3.05) is 0 Å². The van der Waals surface area contributed by atoms with E-state index in [0.29, 0.717) is 16.7 Å². The number of nitrogens with zero attached hydrogens (tertiary/aromatic N) is 3. The van der Waals surface area contributed by atoms with Gasteiger partial charge in [-0.05, 0) is 31.9 Å². The quantitative estimate of drug-likeness (QED) is 0.675. The van der Waals surface area contributed by atoms with Crippen LogP contribution < -0.4 is 5.73 Å². The summed E-state index contributed by atoms with van der Waals surface area (Å²) < 4.78 is 5.49. The summed E-state index contributed by atoms with van der Waals surface area (Å²) in [4.78, 5) is 10.1. The van der Waals surface area contributed by atoms with Crippen LogP contribution in [0.3, 0.4) is 0 Å². The molecule has 0 spiro atoms. The van der Waals surface area contributed by atoms with Gasteiger partial charge in [-0.1, -0.05) is 41.7 Å². The first-order valence-electron chi connectivity index (χ1n) is 7.92. The van der Waals surface area contributed by atoms with Gasteiger partial charge in [0.25, 0.3) is 5.89 Å². The predicted octanol–water partition coefficient (Wildman–Crippen LogP) is 4.97. The van der Waals surface area contributed by atoms with Gasteiger partial charge in [0.2, 0.25) is 0 Å². The molecule has 2 heterocycles. The number of aromatic nitrogens is 3. The molecule has 0 amide bonds. The van der Waals surface area contributed by atoms with E-state index in [4.69, 9.17) is 21.9 Å². The van der Waals surface area contributed by atoms with Crippen LogP contribution in [0, 0.1) is 6.92 Å². The molecule has 0 saturated heterocycles. The lowest BCUT2D eigenvalue weighted by Crippen LogP contribution is -2.34. The van der Waals surface area contributed by atoms with E-state index < -0.39 is 5.54 Å². The SMILES string of the molecule is Cc1nc(-c2ccc(Cl)cc2)sc1-c1nc(C2(N)CCCC2)no1.Cl. The number of rotatable bonds is 3. The summed E-state index contributed by atoms with van der Waals surface area (Å²) >= 11 is 7.48. The summed E-state index contributed by atoms with van der Waals surface area (Å²) in [6, 6.07) is 7.63. The first-order valence-corrected chi connectivity index (χ1v) is 9.11. The molecule has 1 aliphatic carbocycles. The summed E-state index contributed by atoms with van der Waals surface area (Å²) in [5.74, 6) is 1.10. The summed E-state index contributed by atoms with van der Waals surface area (Å²) in [7, 11) is 0. The minimum Gasteiger partial charge on any atom is -0.333 e. The van der Waals surface area contributed by atoms with Crippen molar-refractivity contribution in [3.63, 3.8) is 0 Å². The molecule has 1 aromatic carbocycles. The Morgan fingerprint density at radius 3 is 2.52 bits per heavy atom. The molecule has 1 saturated carbocycles. The highest BCUT2D eigenvalue weighted by Gasteiger charge is 2.36. The van der Waals surface area contributed by atoms with Gasteiger partial charge in [0, 0.05) is 10.6 Å². The molecule has 2 N–H and O–H groups in total. The van der Waals surface area contributed by atoms with Gasteiger partial charge in [0.15, 0.2) is 5.82 Å². The second-order valence-electron chi connectivity index (χ2n) is 6.23. The van der Waals surface area contributed by atoms with Crippen molar-refractivity contribution in [2.24, 2.45) is 5.73 Å². The standard InChI is InChI=1S/C17H17ClN4OS.ClH/c1-10-13(24-15(20-10)11-4-6-12(18)7-5-11)14-21-16(22-23-14)17(19)8-2-3-9-17;/h4-7H,2-3,8-9,19H2,1H3;1H. The van der Waals surface area contributed by atoms with E-state index in [2.05, 4.69) is 15.1 Å². The average molecular weight is 397 g/mol. The zero-order chi connectivity index (χ0) is 16.7. The van der Waals surface area contributed by atoms with Gasteiger partial charge in [0.1, 0.15) is 9.88 Å². The highest BCUT2D eigenvalue weighted by atomic mass is 35.5. The average Bonchev–Trinajstić information content (AvgIpc) is 3.28. The number of nitrogens with two attached hydrogens (primary N) is 1. The van der Waals surface area contributed by atoms with Crippen LogP contribution in [0.2, 0.25) is 5.02 Å². The maximum atomic E-state index is 6.41. The van der Waals surface area contributed by atoms with Crippen molar-refractivity contribution >= 4 is 35.3 Å². The Kier molecular flexibility index (Phi) is 5.16. The highest BCUT2D eigenvalue weighted by Crippen LogP contribution is 2.38. The molecule has 0 radical (unpaired) electrons. The summed E-state index contributed by atoms with van der Waals surface area (Å²) in [5.41, 5.74) is 7.86. The Bertz CT molecular complexity index is 869. The van der Waals surface area contributed by atoms with Crippen LogP contribution in [0.1, 0.15) is 37.2 Å². The fraction of sp³-hybridized carbons (Fsp3) is 0.353. The van der Waals surface area contributed by atoms with Crippen LogP contribution in [0.25, 0.3) is 21.3 Å². The van der Waals surface area contributed by atoms with Gasteiger partial charge in [-0.3, -0.25) is 0 Å². The first kappa shape index (κ1) is 18.3. The van der Waals surface area contributed by atoms with Crippen molar-refractivity contribution in [3.05, 3.63) is 40.8 Å². The van der Waals surface area contributed by atoms with Crippen LogP contribution in [0.4, 0.5) is 0 Å². The maximum absolute atomic E-state index is 6.41. The van der Waals surface area contributed by atoms with E-state index >= 15 is 0 Å². The third-order valence-corrected chi connectivity index (χ3v) is 5.90. The predicted molar refractivity (Wildman–Crippen MR) is 102 cm³/mol. The van der Waals surface area contributed by atoms with Crippen LogP contribution in [-0.4, -0.2) is 15.1 Å². The molecular weight excluding hydrogens is 379 g/mol. The van der Waals surface area contributed by atoms with Crippen LogP contribution in [-0.2, 0) is 5.54 Å². The normalized spacial score (nSPS) is 16.0. The van der Waals surface area contributed by atoms with Crippen molar-refractivity contribution in [1.82, 2.24) is 15.1 Å². The smallest absolute Gasteiger partial charge is 0.270 e. The van der Waals surface area contributed by atoms with Gasteiger partial charge in [0.05, 0.1) is 11.2 Å². The molecule has 0 atom stereocenters. The molecule has 2 aromatic heterocycles. The lowest BCUT2D eigenvalue weighted by Gasteiger charge is -2.17. The van der Waals surface area contributed by atoms with Gasteiger partial charge in [-0.2, -0.15) is 4.98 Å². The van der Waals surface area contributed by atoms with E-state index in [0.717, 1.165) is 46.8 Å². The zero-order valence-corrected chi connectivity index (χ0v) is 16.0. The van der Waals surface area contributed by atoms with E-state index in [-0.39, 0.29) is 12.4 Å². The van der Waals surface area contributed by atoms with Gasteiger partial charge < -0.3 is 10.3 Å². The van der Waals surface area contributed by atoms with Crippen molar-refractivity contribution < 1.29 is 4.52 Å². The highest BCUT2D eigenvalue weighted by molar-refractivity contribution is 7.18. The second kappa shape index (κ2) is 7.03. The molecule has 1 aliphatic rings. The Hall–Kier alpha value is -1.47. The minimum absolute atomic E-state index is 0. The zero-order valence-electron chi connectivity index (χ0n) is 13.7. The number of hydrogen-bond donors (Lipinski definition) is 1. The summed E-state index contributed by atoms with van der Waals surface area (Å²) in [6.45, 7) is 1.95. The largest absolute Gasteiger partial charge is 0.333 e. The third-order valence-electron chi connectivity index (χ3n) is 4.45. The van der Waals surface area contributed by atoms with Crippen LogP contribution in [0.5, 0.6) is 0 Å². The Morgan fingerprint density at radius 1 is 1.16 bits per heavy atom. The lowest BCUT2D eigenvalue weighted by atomic mass is 9.99. The van der Waals surface area contributed by atoms with Gasteiger partial charge in [-0.25, -0.2) is 4.98 Å². The molecule has 5 nitrogen and oxygen atoms in total. The third kappa shape index (κ3) is 3.44. The fourth-order valence-corrected chi connectivity index (χ4v) is 4.18. The van der Waals surface area contributed by atoms with E-state index in [1.807, 2.05) is 31.2 Å². The number of hydrogen-bond acceptors (Lipinski definition) is 6. The topological polar surface area (TPSA) is 77.8 Å². The van der Waals surface area contributed by atoms with Crippen molar-refractivity contribution in [3.8, 4) is 21.3 Å². The minimum atomic E-state index is -0.445. The molecule has 0 bridgehead atoms. The van der Waals surface area contributed by atoms with E-state index in [9.17, 15) is 0 Å². The second-order valence-corrected chi connectivity index (χ2v) is 7.66. The van der Waals surface area contributed by atoms with Gasteiger partial charge >= 0.3 is 0 Å². The van der Waals surface area contributed by atoms with Crippen LogP contribution in [0.15, 0.2) is 28.8 Å². The fourth-order valence-electron chi connectivity index (χ4n) is 3.06. The van der Waals surface area contributed by atoms with E-state index in [1.54, 1.807) is 0 Å². The Labute approximate surface area is 161 Å². The van der Waals surface area contributed by atoms with Gasteiger partial charge in [-0.15, -0.1) is 23.7 Å². The lowest BCUT2D eigenvalue weighted by molar-refractivity contribution is 0.373. The van der Waals surface area contributed by atoms with E-state index in [1.165, 1.54) is 11.3 Å². The molecule has 25 heavy (non-hydrogen) atoms. The molecule has 0 unspecified atom stereocenters.